The molecule has 1 aliphatic rings. The van der Waals surface area contributed by atoms with Gasteiger partial charge in [0.2, 0.25) is 0 Å². The zero-order valence-corrected chi connectivity index (χ0v) is 15.8. The van der Waals surface area contributed by atoms with Gasteiger partial charge in [-0.2, -0.15) is 0 Å². The molecule has 4 heterocycles. The van der Waals surface area contributed by atoms with Gasteiger partial charge < -0.3 is 9.88 Å². The number of rotatable bonds is 5. The lowest BCUT2D eigenvalue weighted by Gasteiger charge is -2.32. The Morgan fingerprint density at radius 2 is 2.07 bits per heavy atom. The Bertz CT molecular complexity index is 887. The third kappa shape index (κ3) is 4.31. The molecule has 27 heavy (non-hydrogen) atoms. The fourth-order valence-electron chi connectivity index (χ4n) is 3.55. The van der Waals surface area contributed by atoms with Gasteiger partial charge in [0.25, 0.3) is 0 Å². The van der Waals surface area contributed by atoms with Gasteiger partial charge in [-0.05, 0) is 38.4 Å². The minimum atomic E-state index is 0.415. The van der Waals surface area contributed by atoms with Crippen LogP contribution in [-0.2, 0) is 13.6 Å². The molecule has 0 bridgehead atoms. The molecule has 1 atom stereocenters. The van der Waals surface area contributed by atoms with Gasteiger partial charge in [-0.15, -0.1) is 0 Å². The molecular formula is C20H25N7. The Labute approximate surface area is 159 Å². The second kappa shape index (κ2) is 7.84. The number of aryl methyl sites for hydroxylation is 2. The van der Waals surface area contributed by atoms with Crippen molar-refractivity contribution in [3.63, 3.8) is 0 Å². The van der Waals surface area contributed by atoms with Gasteiger partial charge in [0.1, 0.15) is 17.5 Å². The molecule has 4 rings (SSSR count). The third-order valence-electron chi connectivity index (χ3n) is 5.03. The zero-order chi connectivity index (χ0) is 18.6. The highest BCUT2D eigenvalue weighted by Gasteiger charge is 2.23. The molecule has 1 unspecified atom stereocenters. The summed E-state index contributed by atoms with van der Waals surface area (Å²) in [7, 11) is 2.05. The number of hydrogen-bond acceptors (Lipinski definition) is 6. The molecule has 3 aromatic heterocycles. The van der Waals surface area contributed by atoms with Crippen molar-refractivity contribution in [3.8, 4) is 0 Å². The predicted molar refractivity (Wildman–Crippen MR) is 105 cm³/mol. The van der Waals surface area contributed by atoms with Gasteiger partial charge in [-0.3, -0.25) is 9.88 Å². The van der Waals surface area contributed by atoms with Crippen LogP contribution in [0.1, 0.15) is 36.0 Å². The Morgan fingerprint density at radius 3 is 2.81 bits per heavy atom. The number of pyridine rings is 1. The summed E-state index contributed by atoms with van der Waals surface area (Å²) >= 11 is 0. The lowest BCUT2D eigenvalue weighted by atomic mass is 9.95. The number of nitrogens with one attached hydrogen (secondary N) is 1. The largest absolute Gasteiger partial charge is 0.337 e. The molecule has 1 saturated heterocycles. The van der Waals surface area contributed by atoms with Crippen molar-refractivity contribution in [2.75, 3.05) is 18.4 Å². The van der Waals surface area contributed by atoms with Crippen LogP contribution in [0.25, 0.3) is 0 Å². The average molecular weight is 363 g/mol. The van der Waals surface area contributed by atoms with Gasteiger partial charge in [-0.1, -0.05) is 6.07 Å². The standard InChI is InChI=1S/C20H25N7/c1-15-5-3-7-18(24-15)25-19-12-22-17(11-23-19)16-6-4-9-27(13-16)14-20-21-8-10-26(20)2/h3,5,7-8,10-12,16H,4,6,9,13-14H2,1-2H3,(H,23,24,25). The van der Waals surface area contributed by atoms with E-state index in [4.69, 9.17) is 0 Å². The van der Waals surface area contributed by atoms with Gasteiger partial charge in [-0.25, -0.2) is 15.0 Å². The molecule has 7 nitrogen and oxygen atoms in total. The van der Waals surface area contributed by atoms with Crippen LogP contribution in [0, 0.1) is 6.92 Å². The summed E-state index contributed by atoms with van der Waals surface area (Å²) in [4.78, 5) is 20.6. The van der Waals surface area contributed by atoms with Crippen molar-refractivity contribution in [1.29, 1.82) is 0 Å². The molecule has 0 radical (unpaired) electrons. The molecule has 0 saturated carbocycles. The molecule has 0 aliphatic carbocycles. The summed E-state index contributed by atoms with van der Waals surface area (Å²) in [6, 6.07) is 5.88. The Balaban J connectivity index is 1.40. The maximum absolute atomic E-state index is 4.67. The fraction of sp³-hybridized carbons (Fsp3) is 0.400. The lowest BCUT2D eigenvalue weighted by molar-refractivity contribution is 0.192. The number of aromatic nitrogens is 5. The van der Waals surface area contributed by atoms with E-state index in [9.17, 15) is 0 Å². The van der Waals surface area contributed by atoms with E-state index in [1.165, 1.54) is 6.42 Å². The van der Waals surface area contributed by atoms with E-state index < -0.39 is 0 Å². The van der Waals surface area contributed by atoms with E-state index in [0.29, 0.717) is 5.92 Å². The molecule has 0 amide bonds. The normalized spacial score (nSPS) is 17.8. The second-order valence-electron chi connectivity index (χ2n) is 7.14. The summed E-state index contributed by atoms with van der Waals surface area (Å²) in [5.74, 6) is 3.03. The van der Waals surface area contributed by atoms with E-state index >= 15 is 0 Å². The average Bonchev–Trinajstić information content (AvgIpc) is 3.07. The smallest absolute Gasteiger partial charge is 0.150 e. The van der Waals surface area contributed by atoms with Gasteiger partial charge >= 0.3 is 0 Å². The molecule has 0 aromatic carbocycles. The van der Waals surface area contributed by atoms with Crippen molar-refractivity contribution >= 4 is 11.6 Å². The van der Waals surface area contributed by atoms with Crippen LogP contribution in [-0.4, -0.2) is 42.5 Å². The summed E-state index contributed by atoms with van der Waals surface area (Å²) in [5, 5.41) is 3.21. The Kier molecular flexibility index (Phi) is 5.11. The van der Waals surface area contributed by atoms with Crippen LogP contribution in [0.4, 0.5) is 11.6 Å². The topological polar surface area (TPSA) is 71.8 Å². The molecular weight excluding hydrogens is 338 g/mol. The Hall–Kier alpha value is -2.80. The SMILES string of the molecule is Cc1cccc(Nc2cnc(C3CCCN(Cc4nccn4C)C3)cn2)n1. The summed E-state index contributed by atoms with van der Waals surface area (Å²) < 4.78 is 2.09. The Morgan fingerprint density at radius 1 is 1.15 bits per heavy atom. The maximum Gasteiger partial charge on any atom is 0.150 e. The van der Waals surface area contributed by atoms with Gasteiger partial charge in [0.05, 0.1) is 24.6 Å². The van der Waals surface area contributed by atoms with Crippen molar-refractivity contribution in [2.24, 2.45) is 7.05 Å². The van der Waals surface area contributed by atoms with Crippen LogP contribution in [0.2, 0.25) is 0 Å². The third-order valence-corrected chi connectivity index (χ3v) is 5.03. The van der Waals surface area contributed by atoms with Crippen LogP contribution in [0.15, 0.2) is 43.0 Å². The van der Waals surface area contributed by atoms with Crippen molar-refractivity contribution in [1.82, 2.24) is 29.4 Å². The van der Waals surface area contributed by atoms with Crippen LogP contribution in [0.5, 0.6) is 0 Å². The molecule has 1 N–H and O–H groups in total. The van der Waals surface area contributed by atoms with E-state index in [-0.39, 0.29) is 0 Å². The van der Waals surface area contributed by atoms with E-state index in [2.05, 4.69) is 34.7 Å². The first-order chi connectivity index (χ1) is 13.2. The van der Waals surface area contributed by atoms with E-state index in [0.717, 1.165) is 54.9 Å². The second-order valence-corrected chi connectivity index (χ2v) is 7.14. The molecule has 7 heteroatoms. The fourth-order valence-corrected chi connectivity index (χ4v) is 3.55. The number of anilines is 2. The first-order valence-electron chi connectivity index (χ1n) is 9.38. The molecule has 1 fully saturated rings. The van der Waals surface area contributed by atoms with Gasteiger partial charge in [0, 0.05) is 37.6 Å². The first kappa shape index (κ1) is 17.6. The van der Waals surface area contributed by atoms with Crippen LogP contribution < -0.4 is 5.32 Å². The lowest BCUT2D eigenvalue weighted by Crippen LogP contribution is -2.35. The monoisotopic (exact) mass is 363 g/mol. The summed E-state index contributed by atoms with van der Waals surface area (Å²) in [6.07, 6.45) is 9.88. The number of hydrogen-bond donors (Lipinski definition) is 1. The highest BCUT2D eigenvalue weighted by Crippen LogP contribution is 2.26. The molecule has 1 aliphatic heterocycles. The molecule has 140 valence electrons. The first-order valence-corrected chi connectivity index (χ1v) is 9.38. The maximum atomic E-state index is 4.67. The number of imidazole rings is 1. The highest BCUT2D eigenvalue weighted by atomic mass is 15.2. The van der Waals surface area contributed by atoms with Crippen LogP contribution >= 0.6 is 0 Å². The minimum absolute atomic E-state index is 0.415. The number of likely N-dealkylation sites (tertiary alicyclic amines) is 1. The van der Waals surface area contributed by atoms with Crippen molar-refractivity contribution in [2.45, 2.75) is 32.2 Å². The predicted octanol–water partition coefficient (Wildman–Crippen LogP) is 3.04. The molecule has 0 spiro atoms. The molecule has 3 aromatic rings. The number of nitrogens with zero attached hydrogens (tertiary/aromatic N) is 6. The van der Waals surface area contributed by atoms with E-state index in [1.54, 1.807) is 6.20 Å². The quantitative estimate of drug-likeness (QED) is 0.751. The zero-order valence-electron chi connectivity index (χ0n) is 15.8. The van der Waals surface area contributed by atoms with E-state index in [1.807, 2.05) is 50.8 Å². The highest BCUT2D eigenvalue weighted by molar-refractivity contribution is 5.50. The van der Waals surface area contributed by atoms with Crippen molar-refractivity contribution < 1.29 is 0 Å². The van der Waals surface area contributed by atoms with Crippen molar-refractivity contribution in [3.05, 3.63) is 60.2 Å². The van der Waals surface area contributed by atoms with Crippen LogP contribution in [0.3, 0.4) is 0 Å². The summed E-state index contributed by atoms with van der Waals surface area (Å²) in [6.45, 7) is 4.95. The minimum Gasteiger partial charge on any atom is -0.337 e. The van der Waals surface area contributed by atoms with Gasteiger partial charge in [0.15, 0.2) is 0 Å². The summed E-state index contributed by atoms with van der Waals surface area (Å²) in [5.41, 5.74) is 2.03. The number of piperidine rings is 1.